The molecule has 0 spiro atoms. The molecule has 1 aromatic carbocycles. The molecule has 0 heterocycles. The Balaban J connectivity index is 0.00000625. The number of aliphatic imine (C=N–C) groups is 1. The van der Waals surface area contributed by atoms with Crippen LogP contribution in [0.1, 0.15) is 25.0 Å². The molecule has 0 saturated heterocycles. The van der Waals surface area contributed by atoms with Crippen LogP contribution in [0.2, 0.25) is 0 Å². The van der Waals surface area contributed by atoms with Crippen LogP contribution in [0.25, 0.3) is 0 Å². The van der Waals surface area contributed by atoms with Crippen LogP contribution < -0.4 is 15.4 Å². The van der Waals surface area contributed by atoms with Gasteiger partial charge in [0.2, 0.25) is 0 Å². The fraction of sp³-hybridized carbons (Fsp3) is 0.632. The number of hydrogen-bond donors (Lipinski definition) is 2. The molecule has 0 bridgehead atoms. The second-order valence-corrected chi connectivity index (χ2v) is 6.38. The maximum Gasteiger partial charge on any atom is 0.191 e. The summed E-state index contributed by atoms with van der Waals surface area (Å²) in [6.45, 7) is 10.0. The molecule has 0 aliphatic rings. The van der Waals surface area contributed by atoms with Crippen molar-refractivity contribution >= 4 is 29.9 Å². The molecule has 26 heavy (non-hydrogen) atoms. The van der Waals surface area contributed by atoms with Crippen LogP contribution in [-0.4, -0.2) is 64.4 Å². The second-order valence-electron chi connectivity index (χ2n) is 6.38. The van der Waals surface area contributed by atoms with Gasteiger partial charge in [-0.1, -0.05) is 12.1 Å². The van der Waals surface area contributed by atoms with Crippen molar-refractivity contribution in [1.82, 2.24) is 15.5 Å². The number of ether oxygens (including phenoxy) is 2. The third kappa shape index (κ3) is 9.59. The normalized spacial score (nSPS) is 11.5. The third-order valence-corrected chi connectivity index (χ3v) is 4.08. The van der Waals surface area contributed by atoms with E-state index in [4.69, 9.17) is 9.47 Å². The minimum absolute atomic E-state index is 0. The van der Waals surface area contributed by atoms with E-state index in [-0.39, 0.29) is 24.0 Å². The van der Waals surface area contributed by atoms with E-state index in [2.05, 4.69) is 66.5 Å². The molecule has 2 N–H and O–H groups in total. The van der Waals surface area contributed by atoms with Gasteiger partial charge in [0.1, 0.15) is 12.4 Å². The molecule has 0 aliphatic heterocycles. The topological polar surface area (TPSA) is 58.1 Å². The Kier molecular flexibility index (Phi) is 13.5. The summed E-state index contributed by atoms with van der Waals surface area (Å²) in [5.74, 6) is 1.68. The van der Waals surface area contributed by atoms with E-state index in [0.29, 0.717) is 25.8 Å². The fourth-order valence-corrected chi connectivity index (χ4v) is 2.19. The smallest absolute Gasteiger partial charge is 0.191 e. The van der Waals surface area contributed by atoms with Crippen LogP contribution in [0, 0.1) is 6.92 Å². The van der Waals surface area contributed by atoms with Crippen molar-refractivity contribution < 1.29 is 9.47 Å². The average Bonchev–Trinajstić information content (AvgIpc) is 2.59. The molecule has 0 unspecified atom stereocenters. The van der Waals surface area contributed by atoms with E-state index in [9.17, 15) is 0 Å². The first-order valence-corrected chi connectivity index (χ1v) is 8.84. The predicted octanol–water partition coefficient (Wildman–Crippen LogP) is 2.64. The molecule has 150 valence electrons. The Morgan fingerprint density at radius 2 is 1.96 bits per heavy atom. The third-order valence-electron chi connectivity index (χ3n) is 4.08. The lowest BCUT2D eigenvalue weighted by molar-refractivity contribution is 0.145. The summed E-state index contributed by atoms with van der Waals surface area (Å²) in [7, 11) is 5.58. The Hall–Kier alpha value is -1.06. The van der Waals surface area contributed by atoms with Gasteiger partial charge >= 0.3 is 0 Å². The number of halogens is 1. The number of methoxy groups -OCH3 is 1. The molecule has 1 aromatic rings. The van der Waals surface area contributed by atoms with Gasteiger partial charge in [-0.2, -0.15) is 0 Å². The lowest BCUT2D eigenvalue weighted by Gasteiger charge is -2.22. The van der Waals surface area contributed by atoms with Crippen LogP contribution in [0.3, 0.4) is 0 Å². The van der Waals surface area contributed by atoms with Crippen LogP contribution in [0.5, 0.6) is 5.75 Å². The SMILES string of the molecule is CN=C(NCCN(C)C(C)C)NCc1ccc(C)cc1OCCOC.I. The number of rotatable bonds is 10. The summed E-state index contributed by atoms with van der Waals surface area (Å²) >= 11 is 0. The van der Waals surface area contributed by atoms with Gasteiger partial charge in [0.25, 0.3) is 0 Å². The van der Waals surface area contributed by atoms with E-state index in [1.54, 1.807) is 14.2 Å². The van der Waals surface area contributed by atoms with E-state index in [0.717, 1.165) is 30.4 Å². The molecule has 6 nitrogen and oxygen atoms in total. The fourth-order valence-electron chi connectivity index (χ4n) is 2.19. The van der Waals surface area contributed by atoms with Crippen molar-refractivity contribution in [3.63, 3.8) is 0 Å². The second kappa shape index (κ2) is 14.1. The number of hydrogen-bond acceptors (Lipinski definition) is 4. The van der Waals surface area contributed by atoms with Crippen molar-refractivity contribution in [2.75, 3.05) is 47.5 Å². The van der Waals surface area contributed by atoms with Crippen molar-refractivity contribution in [1.29, 1.82) is 0 Å². The van der Waals surface area contributed by atoms with Gasteiger partial charge in [-0.3, -0.25) is 4.99 Å². The predicted molar refractivity (Wildman–Crippen MR) is 120 cm³/mol. The van der Waals surface area contributed by atoms with Gasteiger partial charge in [-0.05, 0) is 39.4 Å². The van der Waals surface area contributed by atoms with E-state index < -0.39 is 0 Å². The molecule has 0 aromatic heterocycles. The Bertz CT molecular complexity index is 538. The van der Waals surface area contributed by atoms with Crippen molar-refractivity contribution in [2.24, 2.45) is 4.99 Å². The van der Waals surface area contributed by atoms with Gasteiger partial charge in [-0.25, -0.2) is 0 Å². The number of likely N-dealkylation sites (N-methyl/N-ethyl adjacent to an activating group) is 1. The lowest BCUT2D eigenvalue weighted by atomic mass is 10.1. The van der Waals surface area contributed by atoms with Gasteiger partial charge < -0.3 is 25.0 Å². The highest BCUT2D eigenvalue weighted by Crippen LogP contribution is 2.20. The summed E-state index contributed by atoms with van der Waals surface area (Å²) in [5.41, 5.74) is 2.28. The van der Waals surface area contributed by atoms with Crippen molar-refractivity contribution in [2.45, 2.75) is 33.4 Å². The molecule has 0 fully saturated rings. The van der Waals surface area contributed by atoms with Crippen molar-refractivity contribution in [3.05, 3.63) is 29.3 Å². The lowest BCUT2D eigenvalue weighted by Crippen LogP contribution is -2.41. The highest BCUT2D eigenvalue weighted by Gasteiger charge is 2.07. The number of nitrogens with zero attached hydrogens (tertiary/aromatic N) is 2. The average molecular weight is 478 g/mol. The first kappa shape index (κ1) is 24.9. The van der Waals surface area contributed by atoms with Gasteiger partial charge in [0.05, 0.1) is 6.61 Å². The van der Waals surface area contributed by atoms with E-state index in [1.165, 1.54) is 5.56 Å². The van der Waals surface area contributed by atoms with Crippen molar-refractivity contribution in [3.8, 4) is 5.75 Å². The quantitative estimate of drug-likeness (QED) is 0.235. The summed E-state index contributed by atoms with van der Waals surface area (Å²) < 4.78 is 10.9. The maximum atomic E-state index is 5.83. The van der Waals surface area contributed by atoms with E-state index >= 15 is 0 Å². The number of benzene rings is 1. The summed E-state index contributed by atoms with van der Waals surface area (Å²) in [6.07, 6.45) is 0. The van der Waals surface area contributed by atoms with Gasteiger partial charge in [0.15, 0.2) is 5.96 Å². The van der Waals surface area contributed by atoms with Crippen LogP contribution in [0.4, 0.5) is 0 Å². The standard InChI is InChI=1S/C19H34N4O2.HI/c1-15(2)23(5)10-9-21-19(20-4)22-14-17-8-7-16(3)13-18(17)25-12-11-24-6;/h7-8,13,15H,9-12,14H2,1-6H3,(H2,20,21,22);1H. The summed E-state index contributed by atoms with van der Waals surface area (Å²) in [6, 6.07) is 6.77. The van der Waals surface area contributed by atoms with Crippen LogP contribution in [0.15, 0.2) is 23.2 Å². The van der Waals surface area contributed by atoms with Gasteiger partial charge in [-0.15, -0.1) is 24.0 Å². The summed E-state index contributed by atoms with van der Waals surface area (Å²) in [4.78, 5) is 6.58. The molecule has 7 heteroatoms. The molecule has 1 rings (SSSR count). The molecular formula is C19H35IN4O2. The minimum atomic E-state index is 0. The molecule has 0 aliphatic carbocycles. The zero-order valence-corrected chi connectivity index (χ0v) is 19.3. The largest absolute Gasteiger partial charge is 0.491 e. The summed E-state index contributed by atoms with van der Waals surface area (Å²) in [5, 5.41) is 6.69. The number of nitrogens with one attached hydrogen (secondary N) is 2. The Morgan fingerprint density at radius 1 is 1.23 bits per heavy atom. The molecule has 0 radical (unpaired) electrons. The maximum absolute atomic E-state index is 5.83. The Labute approximate surface area is 175 Å². The molecule has 0 atom stereocenters. The molecule has 0 amide bonds. The number of guanidine groups is 1. The minimum Gasteiger partial charge on any atom is -0.491 e. The first-order chi connectivity index (χ1) is 12.0. The highest BCUT2D eigenvalue weighted by molar-refractivity contribution is 14.0. The molecular weight excluding hydrogens is 443 g/mol. The van der Waals surface area contributed by atoms with E-state index in [1.807, 2.05) is 0 Å². The number of aryl methyl sites for hydroxylation is 1. The Morgan fingerprint density at radius 3 is 2.58 bits per heavy atom. The van der Waals surface area contributed by atoms with Crippen LogP contribution >= 0.6 is 24.0 Å². The molecule has 0 saturated carbocycles. The van der Waals surface area contributed by atoms with Crippen LogP contribution in [-0.2, 0) is 11.3 Å². The first-order valence-electron chi connectivity index (χ1n) is 8.84. The zero-order chi connectivity index (χ0) is 18.7. The zero-order valence-electron chi connectivity index (χ0n) is 17.0. The monoisotopic (exact) mass is 478 g/mol. The van der Waals surface area contributed by atoms with Gasteiger partial charge in [0, 0.05) is 45.4 Å². The highest BCUT2D eigenvalue weighted by atomic mass is 127.